The molecule has 0 aliphatic carbocycles. The van der Waals surface area contributed by atoms with Gasteiger partial charge in [0, 0.05) is 23.2 Å². The number of pyridine rings is 1. The third-order valence-electron chi connectivity index (χ3n) is 4.22. The zero-order chi connectivity index (χ0) is 19.2. The number of hydrogen-bond acceptors (Lipinski definition) is 4. The number of aromatic nitrogens is 1. The molecule has 2 N–H and O–H groups in total. The molecule has 138 valence electrons. The van der Waals surface area contributed by atoms with Crippen LogP contribution in [0.1, 0.15) is 17.7 Å². The highest BCUT2D eigenvalue weighted by Crippen LogP contribution is 2.14. The lowest BCUT2D eigenvalue weighted by atomic mass is 10.1. The first-order chi connectivity index (χ1) is 13.0. The van der Waals surface area contributed by atoms with Crippen LogP contribution in [0.15, 0.2) is 59.4 Å². The van der Waals surface area contributed by atoms with Gasteiger partial charge in [0.1, 0.15) is 0 Å². The zero-order valence-electron chi connectivity index (χ0n) is 15.0. The minimum Gasteiger partial charge on any atom is -0.469 e. The number of anilines is 1. The molecule has 6 nitrogen and oxygen atoms in total. The average Bonchev–Trinajstić information content (AvgIpc) is 2.66. The fraction of sp³-hybridized carbons (Fsp3) is 0.190. The van der Waals surface area contributed by atoms with E-state index in [1.807, 2.05) is 36.4 Å². The van der Waals surface area contributed by atoms with Crippen LogP contribution >= 0.6 is 0 Å². The Balaban J connectivity index is 1.67. The van der Waals surface area contributed by atoms with Crippen LogP contribution in [0, 0.1) is 0 Å². The van der Waals surface area contributed by atoms with Crippen LogP contribution in [0.2, 0.25) is 0 Å². The molecule has 0 saturated carbocycles. The summed E-state index contributed by atoms with van der Waals surface area (Å²) in [7, 11) is 1.36. The third-order valence-corrected chi connectivity index (χ3v) is 4.22. The maximum Gasteiger partial charge on any atom is 0.305 e. The number of aromatic amines is 1. The molecule has 6 heteroatoms. The van der Waals surface area contributed by atoms with Gasteiger partial charge in [0.05, 0.1) is 13.5 Å². The van der Waals surface area contributed by atoms with E-state index in [9.17, 15) is 14.4 Å². The van der Waals surface area contributed by atoms with Crippen molar-refractivity contribution in [1.82, 2.24) is 4.98 Å². The molecule has 0 bridgehead atoms. The summed E-state index contributed by atoms with van der Waals surface area (Å²) in [5.41, 5.74) is 1.92. The number of methoxy groups -OCH3 is 1. The van der Waals surface area contributed by atoms with Gasteiger partial charge < -0.3 is 15.0 Å². The highest BCUT2D eigenvalue weighted by Gasteiger charge is 2.08. The highest BCUT2D eigenvalue weighted by atomic mass is 16.5. The molecule has 3 aromatic rings. The van der Waals surface area contributed by atoms with Crippen LogP contribution in [0.3, 0.4) is 0 Å². The van der Waals surface area contributed by atoms with Crippen molar-refractivity contribution in [2.24, 2.45) is 0 Å². The van der Waals surface area contributed by atoms with E-state index in [0.717, 1.165) is 10.9 Å². The van der Waals surface area contributed by atoms with Crippen molar-refractivity contribution in [2.75, 3.05) is 12.4 Å². The number of hydrogen-bond donors (Lipinski definition) is 2. The topological polar surface area (TPSA) is 88.3 Å². The molecule has 0 unspecified atom stereocenters. The van der Waals surface area contributed by atoms with Gasteiger partial charge in [0.2, 0.25) is 5.91 Å². The van der Waals surface area contributed by atoms with Gasteiger partial charge in [-0.05, 0) is 41.6 Å². The third kappa shape index (κ3) is 4.82. The van der Waals surface area contributed by atoms with Gasteiger partial charge in [0.15, 0.2) is 0 Å². The maximum absolute atomic E-state index is 12.3. The summed E-state index contributed by atoms with van der Waals surface area (Å²) in [5, 5.41) is 4.22. The Morgan fingerprint density at radius 1 is 1.07 bits per heavy atom. The zero-order valence-corrected chi connectivity index (χ0v) is 15.0. The Kier molecular flexibility index (Phi) is 5.66. The van der Waals surface area contributed by atoms with Crippen molar-refractivity contribution in [3.05, 3.63) is 76.2 Å². The number of fused-ring (bicyclic) bond motifs is 1. The number of ether oxygens (including phenoxy) is 1. The molecule has 0 fully saturated rings. The number of carbonyl (C=O) groups excluding carboxylic acids is 2. The number of carbonyl (C=O) groups is 2. The van der Waals surface area contributed by atoms with E-state index in [1.165, 1.54) is 7.11 Å². The Bertz CT molecular complexity index is 1040. The summed E-state index contributed by atoms with van der Waals surface area (Å²) < 4.78 is 4.64. The van der Waals surface area contributed by atoms with Gasteiger partial charge in [-0.3, -0.25) is 14.4 Å². The summed E-state index contributed by atoms with van der Waals surface area (Å²) in [4.78, 5) is 38.5. The van der Waals surface area contributed by atoms with Crippen LogP contribution in [0.25, 0.3) is 10.8 Å². The molecule has 1 aromatic heterocycles. The van der Waals surface area contributed by atoms with E-state index in [0.29, 0.717) is 23.2 Å². The molecule has 0 aliphatic heterocycles. The summed E-state index contributed by atoms with van der Waals surface area (Å²) in [6.07, 6.45) is 0.882. The van der Waals surface area contributed by atoms with Crippen molar-refractivity contribution in [3.8, 4) is 0 Å². The smallest absolute Gasteiger partial charge is 0.305 e. The molecule has 1 heterocycles. The van der Waals surface area contributed by atoms with Crippen molar-refractivity contribution in [1.29, 1.82) is 0 Å². The Labute approximate surface area is 156 Å². The number of H-pyrrole nitrogens is 1. The van der Waals surface area contributed by atoms with Gasteiger partial charge in [-0.25, -0.2) is 0 Å². The molecule has 1 amide bonds. The first-order valence-electron chi connectivity index (χ1n) is 8.62. The lowest BCUT2D eigenvalue weighted by Gasteiger charge is -2.08. The second-order valence-electron chi connectivity index (χ2n) is 6.21. The molecule has 0 atom stereocenters. The van der Waals surface area contributed by atoms with Crippen molar-refractivity contribution < 1.29 is 14.3 Å². The number of rotatable bonds is 6. The molecular formula is C21H20N2O4. The maximum atomic E-state index is 12.3. The molecule has 2 aromatic carbocycles. The van der Waals surface area contributed by atoms with Crippen molar-refractivity contribution in [2.45, 2.75) is 19.3 Å². The Morgan fingerprint density at radius 3 is 2.70 bits per heavy atom. The van der Waals surface area contributed by atoms with Crippen molar-refractivity contribution >= 4 is 28.3 Å². The van der Waals surface area contributed by atoms with Gasteiger partial charge in [-0.1, -0.05) is 30.3 Å². The molecular weight excluding hydrogens is 344 g/mol. The summed E-state index contributed by atoms with van der Waals surface area (Å²) in [6.45, 7) is 0. The van der Waals surface area contributed by atoms with Gasteiger partial charge >= 0.3 is 5.97 Å². The minimum atomic E-state index is -0.273. The van der Waals surface area contributed by atoms with Crippen LogP contribution in [0.4, 0.5) is 5.69 Å². The lowest BCUT2D eigenvalue weighted by molar-refractivity contribution is -0.140. The quantitative estimate of drug-likeness (QED) is 0.659. The molecule has 0 radical (unpaired) electrons. The average molecular weight is 364 g/mol. The van der Waals surface area contributed by atoms with E-state index in [4.69, 9.17) is 0 Å². The van der Waals surface area contributed by atoms with Crippen molar-refractivity contribution in [3.63, 3.8) is 0 Å². The normalized spacial score (nSPS) is 10.6. The number of esters is 1. The lowest BCUT2D eigenvalue weighted by Crippen LogP contribution is -2.18. The second-order valence-corrected chi connectivity index (χ2v) is 6.21. The van der Waals surface area contributed by atoms with E-state index in [-0.39, 0.29) is 30.3 Å². The second kappa shape index (κ2) is 8.31. The first-order valence-corrected chi connectivity index (χ1v) is 8.62. The van der Waals surface area contributed by atoms with Gasteiger partial charge in [-0.2, -0.15) is 0 Å². The highest BCUT2D eigenvalue weighted by molar-refractivity contribution is 5.92. The molecule has 0 aliphatic rings. The van der Waals surface area contributed by atoms with E-state index < -0.39 is 0 Å². The number of benzene rings is 2. The van der Waals surface area contributed by atoms with Crippen LogP contribution < -0.4 is 10.9 Å². The monoisotopic (exact) mass is 364 g/mol. The van der Waals surface area contributed by atoms with Crippen LogP contribution in [0.5, 0.6) is 0 Å². The molecule has 27 heavy (non-hydrogen) atoms. The summed E-state index contributed by atoms with van der Waals surface area (Å²) in [6, 6.07) is 16.4. The summed E-state index contributed by atoms with van der Waals surface area (Å²) >= 11 is 0. The Morgan fingerprint density at radius 2 is 1.89 bits per heavy atom. The number of nitrogens with one attached hydrogen (secondary N) is 2. The fourth-order valence-electron chi connectivity index (χ4n) is 2.89. The van der Waals surface area contributed by atoms with Gasteiger partial charge in [-0.15, -0.1) is 0 Å². The largest absolute Gasteiger partial charge is 0.469 e. The predicted molar refractivity (Wildman–Crippen MR) is 104 cm³/mol. The van der Waals surface area contributed by atoms with E-state index in [1.54, 1.807) is 18.2 Å². The standard InChI is InChI=1S/C21H20N2O4/c1-27-20(25)10-9-14-5-4-7-16(11-14)22-19(24)13-17-12-15-6-2-3-8-18(15)21(26)23-17/h2-8,11-12H,9-10,13H2,1H3,(H,22,24)(H,23,26). The Hall–Kier alpha value is -3.41. The molecule has 0 spiro atoms. The van der Waals surface area contributed by atoms with Crippen LogP contribution in [-0.4, -0.2) is 24.0 Å². The number of amides is 1. The fourth-order valence-corrected chi connectivity index (χ4v) is 2.89. The van der Waals surface area contributed by atoms with Crippen LogP contribution in [-0.2, 0) is 27.2 Å². The minimum absolute atomic E-state index is 0.0620. The molecule has 3 rings (SSSR count). The summed E-state index contributed by atoms with van der Waals surface area (Å²) in [5.74, 6) is -0.504. The van der Waals surface area contributed by atoms with Gasteiger partial charge in [0.25, 0.3) is 5.56 Å². The number of aryl methyl sites for hydroxylation is 1. The van der Waals surface area contributed by atoms with E-state index >= 15 is 0 Å². The van der Waals surface area contributed by atoms with E-state index in [2.05, 4.69) is 15.0 Å². The molecule has 0 saturated heterocycles. The SMILES string of the molecule is COC(=O)CCc1cccc(NC(=O)Cc2cc3ccccc3c(=O)[nH]2)c1. The first kappa shape index (κ1) is 18.4. The predicted octanol–water partition coefficient (Wildman–Crippen LogP) is 2.81.